The first-order chi connectivity index (χ1) is 13.2. The average molecular weight is 377 g/mol. The van der Waals surface area contributed by atoms with E-state index in [4.69, 9.17) is 4.74 Å². The summed E-state index contributed by atoms with van der Waals surface area (Å²) in [6.07, 6.45) is 1.49. The van der Waals surface area contributed by atoms with E-state index in [1.54, 1.807) is 17.0 Å². The number of carbonyl (C=O) groups excluding carboxylic acids is 2. The standard InChI is InChI=1S/C22H19NO3S/c24-21-6-3-13-23(21)18-8-10-19(11-9-18)26-22(25)15-27-20-12-7-16-4-1-2-5-17(16)14-20/h1-2,4-5,7-12,14H,3,6,13,15H2. The first-order valence-corrected chi connectivity index (χ1v) is 9.90. The monoisotopic (exact) mass is 377 g/mol. The highest BCUT2D eigenvalue weighted by molar-refractivity contribution is 8.00. The van der Waals surface area contributed by atoms with Crippen LogP contribution in [0.3, 0.4) is 0 Å². The fourth-order valence-electron chi connectivity index (χ4n) is 3.18. The molecule has 27 heavy (non-hydrogen) atoms. The van der Waals surface area contributed by atoms with Gasteiger partial charge in [0.2, 0.25) is 5.91 Å². The average Bonchev–Trinajstić information content (AvgIpc) is 3.13. The molecule has 1 fully saturated rings. The summed E-state index contributed by atoms with van der Waals surface area (Å²) < 4.78 is 5.40. The smallest absolute Gasteiger partial charge is 0.321 e. The van der Waals surface area contributed by atoms with E-state index >= 15 is 0 Å². The summed E-state index contributed by atoms with van der Waals surface area (Å²) in [5, 5.41) is 2.34. The number of benzene rings is 3. The Labute approximate surface area is 162 Å². The van der Waals surface area contributed by atoms with Gasteiger partial charge in [-0.1, -0.05) is 30.3 Å². The second-order valence-corrected chi connectivity index (χ2v) is 7.46. The number of rotatable bonds is 5. The zero-order chi connectivity index (χ0) is 18.6. The third kappa shape index (κ3) is 4.14. The molecule has 1 amide bonds. The lowest BCUT2D eigenvalue weighted by Gasteiger charge is -2.15. The van der Waals surface area contributed by atoms with Crippen LogP contribution < -0.4 is 9.64 Å². The van der Waals surface area contributed by atoms with E-state index in [0.29, 0.717) is 12.2 Å². The van der Waals surface area contributed by atoms with E-state index in [1.165, 1.54) is 17.1 Å². The summed E-state index contributed by atoms with van der Waals surface area (Å²) in [6.45, 7) is 0.750. The molecule has 4 rings (SSSR count). The van der Waals surface area contributed by atoms with Crippen molar-refractivity contribution >= 4 is 40.1 Å². The number of ether oxygens (including phenoxy) is 1. The van der Waals surface area contributed by atoms with Crippen LogP contribution in [0.2, 0.25) is 0 Å². The maximum Gasteiger partial charge on any atom is 0.321 e. The molecule has 0 saturated carbocycles. The summed E-state index contributed by atoms with van der Waals surface area (Å²) in [5.74, 6) is 0.587. The number of esters is 1. The zero-order valence-electron chi connectivity index (χ0n) is 14.8. The number of amides is 1. The van der Waals surface area contributed by atoms with Gasteiger partial charge in [-0.2, -0.15) is 0 Å². The van der Waals surface area contributed by atoms with Crippen LogP contribution in [0.5, 0.6) is 5.75 Å². The molecule has 0 atom stereocenters. The molecule has 3 aromatic carbocycles. The zero-order valence-corrected chi connectivity index (χ0v) is 15.6. The van der Waals surface area contributed by atoms with Gasteiger partial charge < -0.3 is 9.64 Å². The predicted octanol–water partition coefficient (Wildman–Crippen LogP) is 4.66. The Bertz CT molecular complexity index is 984. The fourth-order valence-corrected chi connectivity index (χ4v) is 3.89. The number of nitrogens with zero attached hydrogens (tertiary/aromatic N) is 1. The van der Waals surface area contributed by atoms with Gasteiger partial charge in [0.1, 0.15) is 5.75 Å². The molecule has 0 unspecified atom stereocenters. The lowest BCUT2D eigenvalue weighted by atomic mass is 10.1. The van der Waals surface area contributed by atoms with Crippen molar-refractivity contribution < 1.29 is 14.3 Å². The number of hydrogen-bond donors (Lipinski definition) is 0. The molecule has 0 N–H and O–H groups in total. The van der Waals surface area contributed by atoms with Crippen molar-refractivity contribution in [2.75, 3.05) is 17.2 Å². The number of carbonyl (C=O) groups is 2. The molecule has 0 aliphatic carbocycles. The van der Waals surface area contributed by atoms with Crippen molar-refractivity contribution in [1.29, 1.82) is 0 Å². The van der Waals surface area contributed by atoms with Crippen LogP contribution in [0.15, 0.2) is 71.6 Å². The first kappa shape index (κ1) is 17.6. The van der Waals surface area contributed by atoms with Crippen molar-refractivity contribution in [2.24, 2.45) is 0 Å². The maximum atomic E-state index is 12.1. The van der Waals surface area contributed by atoms with Crippen LogP contribution >= 0.6 is 11.8 Å². The molecule has 1 aliphatic rings. The van der Waals surface area contributed by atoms with Crippen LogP contribution in [0.4, 0.5) is 5.69 Å². The molecule has 3 aromatic rings. The van der Waals surface area contributed by atoms with Crippen LogP contribution in [-0.4, -0.2) is 24.2 Å². The van der Waals surface area contributed by atoms with E-state index in [0.717, 1.165) is 28.9 Å². The van der Waals surface area contributed by atoms with Gasteiger partial charge in [-0.15, -0.1) is 11.8 Å². The first-order valence-electron chi connectivity index (χ1n) is 8.92. The van der Waals surface area contributed by atoms with Gasteiger partial charge in [0, 0.05) is 23.5 Å². The molecule has 0 aromatic heterocycles. The van der Waals surface area contributed by atoms with Gasteiger partial charge in [0.25, 0.3) is 0 Å². The molecule has 0 bridgehead atoms. The van der Waals surface area contributed by atoms with Crippen molar-refractivity contribution in [3.8, 4) is 5.75 Å². The van der Waals surface area contributed by atoms with Crippen molar-refractivity contribution in [2.45, 2.75) is 17.7 Å². The highest BCUT2D eigenvalue weighted by Crippen LogP contribution is 2.26. The van der Waals surface area contributed by atoms with Crippen LogP contribution in [-0.2, 0) is 9.59 Å². The van der Waals surface area contributed by atoms with Crippen molar-refractivity contribution in [3.05, 3.63) is 66.7 Å². The third-order valence-electron chi connectivity index (χ3n) is 4.53. The highest BCUT2D eigenvalue weighted by atomic mass is 32.2. The summed E-state index contributed by atoms with van der Waals surface area (Å²) in [6, 6.07) is 21.4. The number of hydrogen-bond acceptors (Lipinski definition) is 4. The van der Waals surface area contributed by atoms with E-state index in [2.05, 4.69) is 24.3 Å². The highest BCUT2D eigenvalue weighted by Gasteiger charge is 2.21. The predicted molar refractivity (Wildman–Crippen MR) is 108 cm³/mol. The van der Waals surface area contributed by atoms with Gasteiger partial charge in [0.15, 0.2) is 0 Å². The Morgan fingerprint density at radius 1 is 1.00 bits per heavy atom. The van der Waals surface area contributed by atoms with Gasteiger partial charge >= 0.3 is 5.97 Å². The Kier molecular flexibility index (Phi) is 5.12. The number of anilines is 1. The van der Waals surface area contributed by atoms with Crippen LogP contribution in [0.1, 0.15) is 12.8 Å². The van der Waals surface area contributed by atoms with E-state index in [1.807, 2.05) is 30.3 Å². The normalized spacial score (nSPS) is 13.9. The summed E-state index contributed by atoms with van der Waals surface area (Å²) in [5.41, 5.74) is 0.850. The number of thioether (sulfide) groups is 1. The van der Waals surface area contributed by atoms with Gasteiger partial charge in [0.05, 0.1) is 5.75 Å². The molecule has 4 nitrogen and oxygen atoms in total. The lowest BCUT2D eigenvalue weighted by Crippen LogP contribution is -2.23. The molecular formula is C22H19NO3S. The Hall–Kier alpha value is -2.79. The number of fused-ring (bicyclic) bond motifs is 1. The minimum atomic E-state index is -0.293. The largest absolute Gasteiger partial charge is 0.426 e. The minimum absolute atomic E-state index is 0.145. The molecule has 1 saturated heterocycles. The molecular weight excluding hydrogens is 358 g/mol. The SMILES string of the molecule is O=C(CSc1ccc2ccccc2c1)Oc1ccc(N2CCCC2=O)cc1. The molecule has 1 heterocycles. The summed E-state index contributed by atoms with van der Waals surface area (Å²) in [7, 11) is 0. The Balaban J connectivity index is 1.34. The summed E-state index contributed by atoms with van der Waals surface area (Å²) >= 11 is 1.46. The maximum absolute atomic E-state index is 12.1. The van der Waals surface area contributed by atoms with E-state index in [9.17, 15) is 9.59 Å². The molecule has 5 heteroatoms. The van der Waals surface area contributed by atoms with E-state index in [-0.39, 0.29) is 17.6 Å². The Morgan fingerprint density at radius 3 is 2.52 bits per heavy atom. The van der Waals surface area contributed by atoms with E-state index < -0.39 is 0 Å². The quantitative estimate of drug-likeness (QED) is 0.368. The van der Waals surface area contributed by atoms with Crippen LogP contribution in [0.25, 0.3) is 10.8 Å². The molecule has 0 spiro atoms. The third-order valence-corrected chi connectivity index (χ3v) is 5.50. The van der Waals surface area contributed by atoms with Gasteiger partial charge in [-0.05, 0) is 53.6 Å². The second-order valence-electron chi connectivity index (χ2n) is 6.41. The fraction of sp³-hybridized carbons (Fsp3) is 0.182. The van der Waals surface area contributed by atoms with Gasteiger partial charge in [-0.3, -0.25) is 9.59 Å². The van der Waals surface area contributed by atoms with Crippen molar-refractivity contribution in [1.82, 2.24) is 0 Å². The lowest BCUT2D eigenvalue weighted by molar-refractivity contribution is -0.131. The molecule has 0 radical (unpaired) electrons. The van der Waals surface area contributed by atoms with Gasteiger partial charge in [-0.25, -0.2) is 0 Å². The minimum Gasteiger partial charge on any atom is -0.426 e. The molecule has 1 aliphatic heterocycles. The summed E-state index contributed by atoms with van der Waals surface area (Å²) in [4.78, 5) is 26.7. The Morgan fingerprint density at radius 2 is 1.78 bits per heavy atom. The van der Waals surface area contributed by atoms with Crippen LogP contribution in [0, 0.1) is 0 Å². The molecule has 136 valence electrons. The topological polar surface area (TPSA) is 46.6 Å². The van der Waals surface area contributed by atoms with Crippen molar-refractivity contribution in [3.63, 3.8) is 0 Å². The second kappa shape index (κ2) is 7.84.